The summed E-state index contributed by atoms with van der Waals surface area (Å²) in [5, 5.41) is 7.01. The summed E-state index contributed by atoms with van der Waals surface area (Å²) in [7, 11) is 0. The van der Waals surface area contributed by atoms with Crippen LogP contribution in [0.2, 0.25) is 0 Å². The lowest BCUT2D eigenvalue weighted by Crippen LogP contribution is -2.20. The molecule has 1 N–H and O–H groups in total. The van der Waals surface area contributed by atoms with Gasteiger partial charge < -0.3 is 14.6 Å². The van der Waals surface area contributed by atoms with Gasteiger partial charge in [-0.15, -0.1) is 0 Å². The minimum absolute atomic E-state index is 0.296. The van der Waals surface area contributed by atoms with Crippen LogP contribution in [0.5, 0.6) is 0 Å². The Balaban J connectivity index is 2.04. The Labute approximate surface area is 84.6 Å². The van der Waals surface area contributed by atoms with Gasteiger partial charge >= 0.3 is 0 Å². The molecule has 0 aliphatic heterocycles. The normalized spacial score (nSPS) is 11.1. The van der Waals surface area contributed by atoms with Crippen LogP contribution in [-0.4, -0.2) is 24.4 Å². The molecule has 1 rings (SSSR count). The van der Waals surface area contributed by atoms with Gasteiger partial charge in [0.1, 0.15) is 0 Å². The Kier molecular flexibility index (Phi) is 4.62. The molecule has 1 heterocycles. The quantitative estimate of drug-likeness (QED) is 0.704. The van der Waals surface area contributed by atoms with Crippen molar-refractivity contribution in [3.05, 3.63) is 17.5 Å². The van der Waals surface area contributed by atoms with E-state index in [4.69, 9.17) is 9.26 Å². The van der Waals surface area contributed by atoms with Crippen LogP contribution in [0.15, 0.2) is 10.6 Å². The van der Waals surface area contributed by atoms with Crippen LogP contribution in [0.25, 0.3) is 0 Å². The van der Waals surface area contributed by atoms with E-state index in [-0.39, 0.29) is 0 Å². The standard InChI is InChI=1S/C10H18N2O2/c1-8(2)13-5-4-11-7-10-6-9(3)12-14-10/h6,8,11H,4-5,7H2,1-3H3. The van der Waals surface area contributed by atoms with Crippen LogP contribution >= 0.6 is 0 Å². The molecular formula is C10H18N2O2. The second-order valence-electron chi connectivity index (χ2n) is 3.53. The van der Waals surface area contributed by atoms with Crippen molar-refractivity contribution in [2.24, 2.45) is 0 Å². The molecule has 1 aromatic heterocycles. The van der Waals surface area contributed by atoms with Crippen molar-refractivity contribution >= 4 is 0 Å². The van der Waals surface area contributed by atoms with Gasteiger partial charge in [-0.05, 0) is 20.8 Å². The van der Waals surface area contributed by atoms with Gasteiger partial charge in [-0.2, -0.15) is 0 Å². The molecule has 0 aromatic carbocycles. The average molecular weight is 198 g/mol. The van der Waals surface area contributed by atoms with Gasteiger partial charge in [0, 0.05) is 12.6 Å². The van der Waals surface area contributed by atoms with E-state index in [0.717, 1.165) is 24.6 Å². The Morgan fingerprint density at radius 3 is 2.93 bits per heavy atom. The topological polar surface area (TPSA) is 47.3 Å². The Bertz CT molecular complexity index is 258. The molecule has 80 valence electrons. The second kappa shape index (κ2) is 5.78. The van der Waals surface area contributed by atoms with Gasteiger partial charge in [0.25, 0.3) is 0 Å². The molecular weight excluding hydrogens is 180 g/mol. The van der Waals surface area contributed by atoms with E-state index in [1.807, 2.05) is 26.8 Å². The highest BCUT2D eigenvalue weighted by atomic mass is 16.5. The summed E-state index contributed by atoms with van der Waals surface area (Å²) in [6.45, 7) is 8.24. The van der Waals surface area contributed by atoms with Crippen molar-refractivity contribution in [2.45, 2.75) is 33.4 Å². The highest BCUT2D eigenvalue weighted by molar-refractivity contribution is 5.02. The highest BCUT2D eigenvalue weighted by Crippen LogP contribution is 2.00. The van der Waals surface area contributed by atoms with Crippen molar-refractivity contribution in [3.63, 3.8) is 0 Å². The molecule has 0 unspecified atom stereocenters. The summed E-state index contributed by atoms with van der Waals surface area (Å²) in [6, 6.07) is 1.93. The van der Waals surface area contributed by atoms with E-state index >= 15 is 0 Å². The number of hydrogen-bond acceptors (Lipinski definition) is 4. The maximum atomic E-state index is 5.38. The SMILES string of the molecule is Cc1cc(CNCCOC(C)C)on1. The van der Waals surface area contributed by atoms with Gasteiger partial charge in [0.15, 0.2) is 5.76 Å². The molecule has 0 atom stereocenters. The zero-order valence-corrected chi connectivity index (χ0v) is 9.04. The summed E-state index contributed by atoms with van der Waals surface area (Å²) < 4.78 is 10.4. The van der Waals surface area contributed by atoms with Crippen molar-refractivity contribution in [3.8, 4) is 0 Å². The molecule has 4 nitrogen and oxygen atoms in total. The minimum atomic E-state index is 0.296. The molecule has 0 spiro atoms. The highest BCUT2D eigenvalue weighted by Gasteiger charge is 1.99. The smallest absolute Gasteiger partial charge is 0.150 e. The van der Waals surface area contributed by atoms with Gasteiger partial charge in [-0.1, -0.05) is 5.16 Å². The van der Waals surface area contributed by atoms with E-state index in [1.165, 1.54) is 0 Å². The Morgan fingerprint density at radius 2 is 2.36 bits per heavy atom. The first kappa shape index (κ1) is 11.2. The lowest BCUT2D eigenvalue weighted by Gasteiger charge is -2.07. The zero-order valence-electron chi connectivity index (χ0n) is 9.04. The first-order valence-electron chi connectivity index (χ1n) is 4.93. The summed E-state index contributed by atoms with van der Waals surface area (Å²) >= 11 is 0. The lowest BCUT2D eigenvalue weighted by atomic mass is 10.4. The largest absolute Gasteiger partial charge is 0.377 e. The maximum absolute atomic E-state index is 5.38. The molecule has 4 heteroatoms. The van der Waals surface area contributed by atoms with Crippen LogP contribution in [0.4, 0.5) is 0 Å². The van der Waals surface area contributed by atoms with Gasteiger partial charge in [0.2, 0.25) is 0 Å². The van der Waals surface area contributed by atoms with Crippen molar-refractivity contribution < 1.29 is 9.26 Å². The van der Waals surface area contributed by atoms with Gasteiger partial charge in [0.05, 0.1) is 24.9 Å². The van der Waals surface area contributed by atoms with E-state index < -0.39 is 0 Å². The lowest BCUT2D eigenvalue weighted by molar-refractivity contribution is 0.0804. The molecule has 1 aromatic rings. The van der Waals surface area contributed by atoms with E-state index in [9.17, 15) is 0 Å². The molecule has 0 amide bonds. The zero-order chi connectivity index (χ0) is 10.4. The molecule has 0 bridgehead atoms. The fourth-order valence-electron chi connectivity index (χ4n) is 1.08. The minimum Gasteiger partial charge on any atom is -0.377 e. The number of nitrogens with zero attached hydrogens (tertiary/aromatic N) is 1. The number of hydrogen-bond donors (Lipinski definition) is 1. The average Bonchev–Trinajstić information content (AvgIpc) is 2.50. The fraction of sp³-hybridized carbons (Fsp3) is 0.700. The van der Waals surface area contributed by atoms with Gasteiger partial charge in [-0.3, -0.25) is 0 Å². The van der Waals surface area contributed by atoms with Crippen molar-refractivity contribution in [1.29, 1.82) is 0 Å². The molecule has 0 radical (unpaired) electrons. The summed E-state index contributed by atoms with van der Waals surface area (Å²) in [4.78, 5) is 0. The first-order valence-corrected chi connectivity index (χ1v) is 4.93. The third-order valence-corrected chi connectivity index (χ3v) is 1.71. The van der Waals surface area contributed by atoms with Gasteiger partial charge in [-0.25, -0.2) is 0 Å². The molecule has 0 saturated heterocycles. The maximum Gasteiger partial charge on any atom is 0.150 e. The number of rotatable bonds is 6. The van der Waals surface area contributed by atoms with E-state index in [2.05, 4.69) is 10.5 Å². The molecule has 0 saturated carbocycles. The monoisotopic (exact) mass is 198 g/mol. The van der Waals surface area contributed by atoms with Crippen LogP contribution in [0.3, 0.4) is 0 Å². The third-order valence-electron chi connectivity index (χ3n) is 1.71. The van der Waals surface area contributed by atoms with Crippen molar-refractivity contribution in [2.75, 3.05) is 13.2 Å². The van der Waals surface area contributed by atoms with Crippen LogP contribution in [-0.2, 0) is 11.3 Å². The molecule has 0 fully saturated rings. The molecule has 0 aliphatic rings. The predicted molar refractivity (Wildman–Crippen MR) is 54.0 cm³/mol. The number of aromatic nitrogens is 1. The second-order valence-corrected chi connectivity index (χ2v) is 3.53. The third kappa shape index (κ3) is 4.39. The number of ether oxygens (including phenoxy) is 1. The Morgan fingerprint density at radius 1 is 1.57 bits per heavy atom. The molecule has 14 heavy (non-hydrogen) atoms. The van der Waals surface area contributed by atoms with Crippen LogP contribution < -0.4 is 5.32 Å². The van der Waals surface area contributed by atoms with Crippen LogP contribution in [0, 0.1) is 6.92 Å². The fourth-order valence-corrected chi connectivity index (χ4v) is 1.08. The van der Waals surface area contributed by atoms with E-state index in [0.29, 0.717) is 12.6 Å². The summed E-state index contributed by atoms with van der Waals surface area (Å²) in [6.07, 6.45) is 0.296. The Hall–Kier alpha value is -0.870. The molecule has 0 aliphatic carbocycles. The summed E-state index contributed by atoms with van der Waals surface area (Å²) in [5.74, 6) is 0.868. The van der Waals surface area contributed by atoms with E-state index in [1.54, 1.807) is 0 Å². The number of nitrogens with one attached hydrogen (secondary N) is 1. The summed E-state index contributed by atoms with van der Waals surface area (Å²) in [5.41, 5.74) is 0.917. The van der Waals surface area contributed by atoms with Crippen molar-refractivity contribution in [1.82, 2.24) is 10.5 Å². The number of aryl methyl sites for hydroxylation is 1. The van der Waals surface area contributed by atoms with Crippen LogP contribution in [0.1, 0.15) is 25.3 Å². The first-order chi connectivity index (χ1) is 6.68. The predicted octanol–water partition coefficient (Wildman–Crippen LogP) is 1.50.